The highest BCUT2D eigenvalue weighted by molar-refractivity contribution is 5.80. The fraction of sp³-hybridized carbons (Fsp3) is 0.391. The van der Waals surface area contributed by atoms with Crippen LogP contribution in [0.3, 0.4) is 0 Å². The largest absolute Gasteiger partial charge is 0.493 e. The zero-order valence-electron chi connectivity index (χ0n) is 18.0. The second-order valence-corrected chi connectivity index (χ2v) is 7.72. The highest BCUT2D eigenvalue weighted by atomic mass is 16.5. The first-order valence-corrected chi connectivity index (χ1v) is 10.4. The van der Waals surface area contributed by atoms with E-state index >= 15 is 0 Å². The Balaban J connectivity index is 1.43. The number of carbonyl (C=O) groups is 1. The molecule has 4 rings (SSSR count). The third kappa shape index (κ3) is 4.52. The predicted octanol–water partition coefficient (Wildman–Crippen LogP) is 3.14. The molecule has 2 unspecified atom stereocenters. The minimum absolute atomic E-state index is 0.0560. The van der Waals surface area contributed by atoms with Gasteiger partial charge >= 0.3 is 0 Å². The van der Waals surface area contributed by atoms with Crippen LogP contribution in [0.25, 0.3) is 11.2 Å². The molecule has 2 aromatic heterocycles. The topological polar surface area (TPSA) is 89.5 Å². The quantitative estimate of drug-likeness (QED) is 0.654. The number of pyridine rings is 1. The molecular formula is C23H27N5O3. The number of carbonyl (C=O) groups excluding carboxylic acids is 1. The average molecular weight is 422 g/mol. The van der Waals surface area contributed by atoms with Crippen molar-refractivity contribution in [1.82, 2.24) is 20.3 Å². The number of rotatable bonds is 6. The van der Waals surface area contributed by atoms with E-state index < -0.39 is 0 Å². The van der Waals surface area contributed by atoms with Gasteiger partial charge < -0.3 is 19.7 Å². The molecule has 8 heteroatoms. The molecule has 1 aliphatic rings. The molecule has 8 nitrogen and oxygen atoms in total. The lowest BCUT2D eigenvalue weighted by Gasteiger charge is -2.34. The molecule has 0 saturated carbocycles. The first-order valence-electron chi connectivity index (χ1n) is 10.4. The fourth-order valence-electron chi connectivity index (χ4n) is 3.98. The zero-order chi connectivity index (χ0) is 21.8. The molecule has 1 aromatic carbocycles. The number of anilines is 1. The number of hydrogen-bond acceptors (Lipinski definition) is 7. The van der Waals surface area contributed by atoms with Gasteiger partial charge in [0.15, 0.2) is 17.1 Å². The maximum Gasteiger partial charge on any atom is 0.225 e. The van der Waals surface area contributed by atoms with E-state index in [0.717, 1.165) is 36.2 Å². The van der Waals surface area contributed by atoms with Crippen LogP contribution in [0.4, 0.5) is 5.69 Å². The highest BCUT2D eigenvalue weighted by Crippen LogP contribution is 2.30. The second kappa shape index (κ2) is 9.16. The number of benzene rings is 1. The Kier molecular flexibility index (Phi) is 6.16. The highest BCUT2D eigenvalue weighted by Gasteiger charge is 2.27. The number of ether oxygens (including phenoxy) is 2. The molecule has 3 heterocycles. The van der Waals surface area contributed by atoms with E-state index in [-0.39, 0.29) is 17.9 Å². The third-order valence-electron chi connectivity index (χ3n) is 5.73. The number of piperidine rings is 1. The molecule has 1 fully saturated rings. The van der Waals surface area contributed by atoms with Gasteiger partial charge in [-0.25, -0.2) is 9.97 Å². The molecule has 1 amide bonds. The van der Waals surface area contributed by atoms with Gasteiger partial charge in [0.05, 0.1) is 38.1 Å². The molecular weight excluding hydrogens is 394 g/mol. The second-order valence-electron chi connectivity index (χ2n) is 7.72. The van der Waals surface area contributed by atoms with Gasteiger partial charge in [0, 0.05) is 25.5 Å². The van der Waals surface area contributed by atoms with E-state index in [1.807, 2.05) is 37.4 Å². The van der Waals surface area contributed by atoms with E-state index in [1.54, 1.807) is 26.6 Å². The third-order valence-corrected chi connectivity index (χ3v) is 5.73. The molecule has 0 bridgehead atoms. The monoisotopic (exact) mass is 421 g/mol. The van der Waals surface area contributed by atoms with Crippen LogP contribution in [0, 0.1) is 5.92 Å². The summed E-state index contributed by atoms with van der Waals surface area (Å²) in [6.45, 7) is 3.52. The van der Waals surface area contributed by atoms with Crippen LogP contribution in [-0.2, 0) is 4.79 Å². The van der Waals surface area contributed by atoms with Crippen molar-refractivity contribution >= 4 is 22.8 Å². The Bertz CT molecular complexity index is 1070. The van der Waals surface area contributed by atoms with Gasteiger partial charge in [0.2, 0.25) is 5.91 Å². The molecule has 3 aromatic rings. The number of fused-ring (bicyclic) bond motifs is 1. The van der Waals surface area contributed by atoms with Crippen LogP contribution in [0.5, 0.6) is 11.5 Å². The summed E-state index contributed by atoms with van der Waals surface area (Å²) in [7, 11) is 3.21. The first-order chi connectivity index (χ1) is 15.1. The molecule has 2 atom stereocenters. The molecule has 0 spiro atoms. The number of nitrogens with zero attached hydrogens (tertiary/aromatic N) is 4. The van der Waals surface area contributed by atoms with Gasteiger partial charge in [-0.2, -0.15) is 0 Å². The van der Waals surface area contributed by atoms with Crippen LogP contribution in [0.15, 0.2) is 42.9 Å². The van der Waals surface area contributed by atoms with Crippen molar-refractivity contribution in [3.63, 3.8) is 0 Å². The summed E-state index contributed by atoms with van der Waals surface area (Å²) in [5.41, 5.74) is 3.32. The molecule has 0 radical (unpaired) electrons. The van der Waals surface area contributed by atoms with E-state index in [0.29, 0.717) is 23.7 Å². The van der Waals surface area contributed by atoms with Crippen molar-refractivity contribution in [3.05, 3.63) is 48.4 Å². The van der Waals surface area contributed by atoms with Crippen LogP contribution in [0.1, 0.15) is 31.4 Å². The van der Waals surface area contributed by atoms with Gasteiger partial charge in [0.25, 0.3) is 0 Å². The van der Waals surface area contributed by atoms with Crippen molar-refractivity contribution in [2.75, 3.05) is 32.2 Å². The van der Waals surface area contributed by atoms with Gasteiger partial charge in [-0.15, -0.1) is 0 Å². The SMILES string of the molecule is COc1ccc(C(C)NC(=O)C2CCCN(c3cnc4nccnc4c3)C2)cc1OC. The first kappa shape index (κ1) is 20.8. The number of aromatic nitrogens is 3. The van der Waals surface area contributed by atoms with Gasteiger partial charge in [-0.05, 0) is 43.5 Å². The fourth-order valence-corrected chi connectivity index (χ4v) is 3.98. The molecule has 0 aliphatic carbocycles. The van der Waals surface area contributed by atoms with Gasteiger partial charge in [0.1, 0.15) is 5.52 Å². The number of amides is 1. The summed E-state index contributed by atoms with van der Waals surface area (Å²) in [5, 5.41) is 3.16. The van der Waals surface area contributed by atoms with Crippen LogP contribution < -0.4 is 19.7 Å². The lowest BCUT2D eigenvalue weighted by atomic mass is 9.96. The zero-order valence-corrected chi connectivity index (χ0v) is 18.0. The van der Waals surface area contributed by atoms with Crippen LogP contribution in [0.2, 0.25) is 0 Å². The molecule has 1 N–H and O–H groups in total. The molecule has 1 saturated heterocycles. The number of hydrogen-bond donors (Lipinski definition) is 1. The van der Waals surface area contributed by atoms with E-state index in [9.17, 15) is 4.79 Å². The minimum atomic E-state index is -0.139. The standard InChI is InChI=1S/C23H27N5O3/c1-15(16-6-7-20(30-2)21(11-16)31-3)27-23(29)17-5-4-10-28(14-17)18-12-19-22(26-13-18)25-9-8-24-19/h6-9,11-13,15,17H,4-5,10,14H2,1-3H3,(H,27,29). The average Bonchev–Trinajstić information content (AvgIpc) is 2.83. The lowest BCUT2D eigenvalue weighted by molar-refractivity contribution is -0.125. The number of nitrogens with one attached hydrogen (secondary N) is 1. The molecule has 1 aliphatic heterocycles. The Hall–Kier alpha value is -3.42. The van der Waals surface area contributed by atoms with Crippen LogP contribution >= 0.6 is 0 Å². The Morgan fingerprint density at radius 3 is 2.74 bits per heavy atom. The maximum absolute atomic E-state index is 13.0. The van der Waals surface area contributed by atoms with Gasteiger partial charge in [-0.1, -0.05) is 6.07 Å². The van der Waals surface area contributed by atoms with E-state index in [4.69, 9.17) is 9.47 Å². The lowest BCUT2D eigenvalue weighted by Crippen LogP contribution is -2.43. The Labute approximate surface area is 181 Å². The van der Waals surface area contributed by atoms with E-state index in [1.165, 1.54) is 0 Å². The molecule has 31 heavy (non-hydrogen) atoms. The number of methoxy groups -OCH3 is 2. The van der Waals surface area contributed by atoms with Crippen LogP contribution in [-0.4, -0.2) is 48.2 Å². The summed E-state index contributed by atoms with van der Waals surface area (Å²) in [5.74, 6) is 1.28. The summed E-state index contributed by atoms with van der Waals surface area (Å²) in [6, 6.07) is 7.55. The van der Waals surface area contributed by atoms with E-state index in [2.05, 4.69) is 25.2 Å². The summed E-state index contributed by atoms with van der Waals surface area (Å²) < 4.78 is 10.7. The van der Waals surface area contributed by atoms with Gasteiger partial charge in [-0.3, -0.25) is 9.78 Å². The summed E-state index contributed by atoms with van der Waals surface area (Å²) >= 11 is 0. The normalized spacial score (nSPS) is 17.3. The Morgan fingerprint density at radius 1 is 1.13 bits per heavy atom. The van der Waals surface area contributed by atoms with Crippen molar-refractivity contribution in [2.45, 2.75) is 25.8 Å². The Morgan fingerprint density at radius 2 is 1.94 bits per heavy atom. The van der Waals surface area contributed by atoms with Crippen molar-refractivity contribution in [1.29, 1.82) is 0 Å². The van der Waals surface area contributed by atoms with Crippen molar-refractivity contribution < 1.29 is 14.3 Å². The summed E-state index contributed by atoms with van der Waals surface area (Å²) in [6.07, 6.45) is 6.92. The smallest absolute Gasteiger partial charge is 0.225 e. The molecule has 162 valence electrons. The van der Waals surface area contributed by atoms with Crippen molar-refractivity contribution in [2.24, 2.45) is 5.92 Å². The predicted molar refractivity (Wildman–Crippen MR) is 118 cm³/mol. The van der Waals surface area contributed by atoms with Crippen molar-refractivity contribution in [3.8, 4) is 11.5 Å². The summed E-state index contributed by atoms with van der Waals surface area (Å²) in [4.78, 5) is 28.2. The minimum Gasteiger partial charge on any atom is -0.493 e. The maximum atomic E-state index is 13.0.